The highest BCUT2D eigenvalue weighted by atomic mass is 35.5. The third-order valence-electron chi connectivity index (χ3n) is 6.11. The molecule has 0 amide bonds. The molecule has 8 nitrogen and oxygen atoms in total. The van der Waals surface area contributed by atoms with Crippen LogP contribution in [0.15, 0.2) is 48.5 Å². The van der Waals surface area contributed by atoms with Crippen molar-refractivity contribution >= 4 is 11.9 Å². The van der Waals surface area contributed by atoms with Crippen LogP contribution in [0.2, 0.25) is 0 Å². The smallest absolute Gasteiger partial charge is 0.228 e. The molecule has 1 aromatic heterocycles. The predicted molar refractivity (Wildman–Crippen MR) is 154 cm³/mol. The SMILES string of the molecule is CC(C)(C)c1ccc(CNc2nc(NCCOCCOCC[NH3+])nc(-c3ccc(C(C)(C)C)cc3)n2)cc1.[Cl-]. The molecule has 0 fully saturated rings. The molecule has 0 bridgehead atoms. The minimum Gasteiger partial charge on any atom is -1.00 e. The van der Waals surface area contributed by atoms with Gasteiger partial charge in [0.1, 0.15) is 0 Å². The minimum absolute atomic E-state index is 0. The molecule has 214 valence electrons. The standard InChI is InChI=1S/C30H44N6O2.ClH/c1-29(2,3)24-11-7-22(8-12-24)21-33-28-35-26(23-9-13-25(14-10-23)30(4,5)6)34-27(36-28)32-16-18-38-20-19-37-17-15-31;/h7-14H,15-21,31H2,1-6H3,(H2,32,33,34,35,36);1H. The fourth-order valence-electron chi connectivity index (χ4n) is 3.75. The van der Waals surface area contributed by atoms with Crippen LogP contribution >= 0.6 is 0 Å². The van der Waals surface area contributed by atoms with E-state index in [0.717, 1.165) is 12.1 Å². The van der Waals surface area contributed by atoms with E-state index in [0.29, 0.717) is 57.2 Å². The number of nitrogens with zero attached hydrogens (tertiary/aromatic N) is 3. The van der Waals surface area contributed by atoms with Crippen molar-refractivity contribution in [1.82, 2.24) is 15.0 Å². The number of anilines is 2. The van der Waals surface area contributed by atoms with E-state index < -0.39 is 0 Å². The highest BCUT2D eigenvalue weighted by molar-refractivity contribution is 5.59. The Morgan fingerprint density at radius 3 is 1.72 bits per heavy atom. The molecule has 3 rings (SSSR count). The summed E-state index contributed by atoms with van der Waals surface area (Å²) in [5.41, 5.74) is 8.65. The van der Waals surface area contributed by atoms with E-state index in [2.05, 4.69) is 116 Å². The lowest BCUT2D eigenvalue weighted by molar-refractivity contribution is -0.374. The van der Waals surface area contributed by atoms with Gasteiger partial charge in [0.15, 0.2) is 5.82 Å². The molecular weight excluding hydrogens is 512 g/mol. The second-order valence-electron chi connectivity index (χ2n) is 11.4. The van der Waals surface area contributed by atoms with Gasteiger partial charge in [0.05, 0.1) is 33.0 Å². The molecule has 1 heterocycles. The number of nitrogens with one attached hydrogen (secondary N) is 2. The second-order valence-corrected chi connectivity index (χ2v) is 11.4. The lowest BCUT2D eigenvalue weighted by Crippen LogP contribution is -3.00. The molecule has 0 aliphatic carbocycles. The number of ether oxygens (including phenoxy) is 2. The summed E-state index contributed by atoms with van der Waals surface area (Å²) in [6.07, 6.45) is 0. The van der Waals surface area contributed by atoms with Crippen molar-refractivity contribution in [2.24, 2.45) is 0 Å². The summed E-state index contributed by atoms with van der Waals surface area (Å²) in [6.45, 7) is 17.5. The van der Waals surface area contributed by atoms with Crippen LogP contribution in [-0.4, -0.2) is 54.5 Å². The first-order chi connectivity index (χ1) is 18.1. The normalized spacial score (nSPS) is 11.7. The van der Waals surface area contributed by atoms with Crippen molar-refractivity contribution in [2.45, 2.75) is 58.9 Å². The first-order valence-corrected chi connectivity index (χ1v) is 13.4. The second kappa shape index (κ2) is 15.1. The summed E-state index contributed by atoms with van der Waals surface area (Å²) in [5.74, 6) is 1.66. The zero-order valence-corrected chi connectivity index (χ0v) is 25.1. The van der Waals surface area contributed by atoms with E-state index >= 15 is 0 Å². The van der Waals surface area contributed by atoms with Crippen molar-refractivity contribution in [3.05, 3.63) is 65.2 Å². The van der Waals surface area contributed by atoms with E-state index in [1.807, 2.05) is 0 Å². The Morgan fingerprint density at radius 1 is 0.667 bits per heavy atom. The number of quaternary nitrogens is 1. The van der Waals surface area contributed by atoms with Crippen LogP contribution in [0.1, 0.15) is 58.2 Å². The molecule has 0 saturated carbocycles. The first-order valence-electron chi connectivity index (χ1n) is 13.4. The van der Waals surface area contributed by atoms with E-state index in [1.165, 1.54) is 16.7 Å². The van der Waals surface area contributed by atoms with Crippen LogP contribution in [0.3, 0.4) is 0 Å². The van der Waals surface area contributed by atoms with Crippen molar-refractivity contribution in [3.8, 4) is 11.4 Å². The van der Waals surface area contributed by atoms with Crippen molar-refractivity contribution in [1.29, 1.82) is 0 Å². The Balaban J connectivity index is 0.00000533. The van der Waals surface area contributed by atoms with Crippen molar-refractivity contribution in [2.75, 3.05) is 50.2 Å². The van der Waals surface area contributed by atoms with Gasteiger partial charge in [-0.15, -0.1) is 0 Å². The average Bonchev–Trinajstić information content (AvgIpc) is 2.88. The molecule has 0 unspecified atom stereocenters. The van der Waals surface area contributed by atoms with Gasteiger partial charge in [-0.25, -0.2) is 0 Å². The largest absolute Gasteiger partial charge is 1.00 e. The van der Waals surface area contributed by atoms with Crippen molar-refractivity contribution in [3.63, 3.8) is 0 Å². The zero-order chi connectivity index (χ0) is 27.6. The zero-order valence-electron chi connectivity index (χ0n) is 24.3. The Bertz CT molecular complexity index is 1130. The maximum atomic E-state index is 5.64. The summed E-state index contributed by atoms with van der Waals surface area (Å²) in [4.78, 5) is 14.0. The third-order valence-corrected chi connectivity index (χ3v) is 6.11. The highest BCUT2D eigenvalue weighted by Gasteiger charge is 2.15. The fraction of sp³-hybridized carbons (Fsp3) is 0.500. The minimum atomic E-state index is 0. The number of benzene rings is 2. The van der Waals surface area contributed by atoms with E-state index in [4.69, 9.17) is 14.5 Å². The number of aromatic nitrogens is 3. The van der Waals surface area contributed by atoms with Crippen LogP contribution in [0.25, 0.3) is 11.4 Å². The van der Waals surface area contributed by atoms with Gasteiger partial charge in [0.25, 0.3) is 0 Å². The molecule has 39 heavy (non-hydrogen) atoms. The number of rotatable bonds is 13. The van der Waals surface area contributed by atoms with Gasteiger partial charge >= 0.3 is 0 Å². The lowest BCUT2D eigenvalue weighted by atomic mass is 9.87. The van der Waals surface area contributed by atoms with Gasteiger partial charge in [0, 0.05) is 18.7 Å². The summed E-state index contributed by atoms with van der Waals surface area (Å²) >= 11 is 0. The Morgan fingerprint density at radius 2 is 1.18 bits per heavy atom. The summed E-state index contributed by atoms with van der Waals surface area (Å²) in [5, 5.41) is 6.66. The van der Waals surface area contributed by atoms with E-state index in [-0.39, 0.29) is 23.2 Å². The van der Waals surface area contributed by atoms with Crippen LogP contribution < -0.4 is 28.8 Å². The average molecular weight is 557 g/mol. The summed E-state index contributed by atoms with van der Waals surface area (Å²) < 4.78 is 11.0. The third kappa shape index (κ3) is 10.7. The van der Waals surface area contributed by atoms with Gasteiger partial charge in [-0.05, 0) is 27.5 Å². The molecule has 9 heteroatoms. The van der Waals surface area contributed by atoms with Crippen LogP contribution in [0, 0.1) is 0 Å². The molecule has 0 spiro atoms. The van der Waals surface area contributed by atoms with Crippen LogP contribution in [0.4, 0.5) is 11.9 Å². The monoisotopic (exact) mass is 556 g/mol. The van der Waals surface area contributed by atoms with Crippen LogP contribution in [0.5, 0.6) is 0 Å². The molecule has 0 atom stereocenters. The summed E-state index contributed by atoms with van der Waals surface area (Å²) in [6, 6.07) is 17.1. The van der Waals surface area contributed by atoms with Crippen LogP contribution in [-0.2, 0) is 26.8 Å². The highest BCUT2D eigenvalue weighted by Crippen LogP contribution is 2.26. The number of hydrogen-bond acceptors (Lipinski definition) is 7. The molecule has 0 radical (unpaired) electrons. The molecule has 0 aliphatic heterocycles. The molecule has 0 saturated heterocycles. The molecular formula is C30H45ClN6O2. The topological polar surface area (TPSA) is 109 Å². The van der Waals surface area contributed by atoms with Gasteiger partial charge in [0.2, 0.25) is 11.9 Å². The van der Waals surface area contributed by atoms with Gasteiger partial charge < -0.3 is 38.2 Å². The molecule has 5 N–H and O–H groups in total. The first kappa shape index (κ1) is 32.4. The molecule has 3 aromatic rings. The Kier molecular flexibility index (Phi) is 12.6. The maximum Gasteiger partial charge on any atom is 0.228 e. The quantitative estimate of drug-likeness (QED) is 0.273. The number of hydrogen-bond donors (Lipinski definition) is 3. The number of halogens is 1. The van der Waals surface area contributed by atoms with Gasteiger partial charge in [-0.2, -0.15) is 15.0 Å². The van der Waals surface area contributed by atoms with Gasteiger partial charge in [-0.3, -0.25) is 0 Å². The fourth-order valence-corrected chi connectivity index (χ4v) is 3.75. The predicted octanol–water partition coefficient (Wildman–Crippen LogP) is 1.44. The molecule has 0 aliphatic rings. The van der Waals surface area contributed by atoms with E-state index in [1.54, 1.807) is 0 Å². The van der Waals surface area contributed by atoms with Crippen molar-refractivity contribution < 1.29 is 27.6 Å². The maximum absolute atomic E-state index is 5.64. The van der Waals surface area contributed by atoms with E-state index in [9.17, 15) is 0 Å². The lowest BCUT2D eigenvalue weighted by Gasteiger charge is -2.19. The Labute approximate surface area is 239 Å². The molecule has 2 aromatic carbocycles. The summed E-state index contributed by atoms with van der Waals surface area (Å²) in [7, 11) is 0. The van der Waals surface area contributed by atoms with Gasteiger partial charge in [-0.1, -0.05) is 90.1 Å². The Hall–Kier alpha value is -2.78.